The number of hydrogen-bond donors (Lipinski definition) is 0. The molecule has 19 heavy (non-hydrogen) atoms. The third-order valence-corrected chi connectivity index (χ3v) is 2.91. The largest absolute Gasteiger partial charge is 0.486 e. The summed E-state index contributed by atoms with van der Waals surface area (Å²) in [5.41, 5.74) is -0.215. The summed E-state index contributed by atoms with van der Waals surface area (Å²) in [6.07, 6.45) is -0.505. The van der Waals surface area contributed by atoms with E-state index in [2.05, 4.69) is 15.9 Å². The Bertz CT molecular complexity index is 513. The van der Waals surface area contributed by atoms with E-state index < -0.39 is 17.5 Å². The number of amides is 1. The lowest BCUT2D eigenvalue weighted by Gasteiger charge is -2.31. The standard InChI is InChI=1S/C13H15BrFNO3/c1-13(2,3)19-12(17)16-4-5-18-11-9(15)6-8(14)7-10(11)16/h6-7H,4-5H2,1-3H3. The summed E-state index contributed by atoms with van der Waals surface area (Å²) in [6.45, 7) is 5.93. The summed E-state index contributed by atoms with van der Waals surface area (Å²) in [5.74, 6) is -0.419. The van der Waals surface area contributed by atoms with Crippen LogP contribution in [0.5, 0.6) is 5.75 Å². The van der Waals surface area contributed by atoms with Crippen molar-refractivity contribution in [2.75, 3.05) is 18.1 Å². The van der Waals surface area contributed by atoms with Crippen LogP contribution in [0.1, 0.15) is 20.8 Å². The third kappa shape index (κ3) is 3.18. The minimum absolute atomic E-state index is 0.0836. The lowest BCUT2D eigenvalue weighted by atomic mass is 10.2. The van der Waals surface area contributed by atoms with Crippen molar-refractivity contribution < 1.29 is 18.7 Å². The molecule has 0 aromatic heterocycles. The van der Waals surface area contributed by atoms with E-state index in [1.54, 1.807) is 26.8 Å². The van der Waals surface area contributed by atoms with Gasteiger partial charge in [-0.15, -0.1) is 0 Å². The van der Waals surface area contributed by atoms with Gasteiger partial charge in [-0.1, -0.05) is 15.9 Å². The second-order valence-corrected chi connectivity index (χ2v) is 6.13. The predicted octanol–water partition coefficient (Wildman–Crippen LogP) is 3.72. The van der Waals surface area contributed by atoms with E-state index >= 15 is 0 Å². The van der Waals surface area contributed by atoms with Gasteiger partial charge in [0.1, 0.15) is 12.2 Å². The Morgan fingerprint density at radius 2 is 2.16 bits per heavy atom. The van der Waals surface area contributed by atoms with Gasteiger partial charge in [-0.25, -0.2) is 9.18 Å². The fraction of sp³-hybridized carbons (Fsp3) is 0.462. The molecule has 1 heterocycles. The first kappa shape index (κ1) is 14.1. The number of anilines is 1. The fourth-order valence-corrected chi connectivity index (χ4v) is 2.17. The number of halogens is 2. The molecular weight excluding hydrogens is 317 g/mol. The number of nitrogens with zero attached hydrogens (tertiary/aromatic N) is 1. The van der Waals surface area contributed by atoms with Crippen LogP contribution in [0.3, 0.4) is 0 Å². The molecule has 0 saturated carbocycles. The summed E-state index contributed by atoms with van der Waals surface area (Å²) < 4.78 is 24.9. The predicted molar refractivity (Wildman–Crippen MR) is 73.2 cm³/mol. The van der Waals surface area contributed by atoms with Crippen LogP contribution in [0.25, 0.3) is 0 Å². The minimum atomic E-state index is -0.597. The van der Waals surface area contributed by atoms with E-state index in [4.69, 9.17) is 9.47 Å². The van der Waals surface area contributed by atoms with Gasteiger partial charge in [-0.3, -0.25) is 4.90 Å². The van der Waals surface area contributed by atoms with E-state index in [9.17, 15) is 9.18 Å². The molecule has 1 aliphatic heterocycles. The highest BCUT2D eigenvalue weighted by Gasteiger charge is 2.30. The number of carbonyl (C=O) groups is 1. The third-order valence-electron chi connectivity index (χ3n) is 2.45. The van der Waals surface area contributed by atoms with E-state index in [-0.39, 0.29) is 12.4 Å². The quantitative estimate of drug-likeness (QED) is 0.727. The second-order valence-electron chi connectivity index (χ2n) is 5.22. The molecule has 0 aliphatic carbocycles. The van der Waals surface area contributed by atoms with Gasteiger partial charge in [0.05, 0.1) is 12.2 Å². The van der Waals surface area contributed by atoms with E-state index in [0.717, 1.165) is 0 Å². The van der Waals surface area contributed by atoms with Crippen molar-refractivity contribution in [1.29, 1.82) is 0 Å². The van der Waals surface area contributed by atoms with Crippen LogP contribution < -0.4 is 9.64 Å². The average Bonchev–Trinajstić information content (AvgIpc) is 2.25. The van der Waals surface area contributed by atoms with Crippen LogP contribution >= 0.6 is 15.9 Å². The molecule has 0 N–H and O–H groups in total. The zero-order valence-electron chi connectivity index (χ0n) is 11.0. The molecule has 1 aliphatic rings. The van der Waals surface area contributed by atoms with Gasteiger partial charge >= 0.3 is 6.09 Å². The van der Waals surface area contributed by atoms with Crippen molar-refractivity contribution in [3.05, 3.63) is 22.4 Å². The van der Waals surface area contributed by atoms with Gasteiger partial charge in [0.2, 0.25) is 0 Å². The van der Waals surface area contributed by atoms with E-state index in [1.165, 1.54) is 11.0 Å². The first-order valence-corrected chi connectivity index (χ1v) is 6.69. The van der Waals surface area contributed by atoms with Gasteiger partial charge in [-0.2, -0.15) is 0 Å². The van der Waals surface area contributed by atoms with Crippen LogP contribution in [-0.2, 0) is 4.74 Å². The second kappa shape index (κ2) is 5.00. The first-order valence-electron chi connectivity index (χ1n) is 5.90. The molecule has 0 fully saturated rings. The highest BCUT2D eigenvalue weighted by Crippen LogP contribution is 2.37. The zero-order valence-corrected chi connectivity index (χ0v) is 12.6. The summed E-state index contributed by atoms with van der Waals surface area (Å²) in [6, 6.07) is 2.94. The molecule has 0 atom stereocenters. The molecule has 0 radical (unpaired) electrons. The van der Waals surface area contributed by atoms with Gasteiger partial charge in [-0.05, 0) is 32.9 Å². The Hall–Kier alpha value is -1.30. The summed E-state index contributed by atoms with van der Waals surface area (Å²) >= 11 is 3.20. The average molecular weight is 332 g/mol. The highest BCUT2D eigenvalue weighted by molar-refractivity contribution is 9.10. The molecule has 104 valence electrons. The fourth-order valence-electron chi connectivity index (χ4n) is 1.76. The van der Waals surface area contributed by atoms with Gasteiger partial charge in [0.25, 0.3) is 0 Å². The maximum absolute atomic E-state index is 13.8. The minimum Gasteiger partial charge on any atom is -0.486 e. The number of carbonyl (C=O) groups excluding carboxylic acids is 1. The number of benzene rings is 1. The number of ether oxygens (including phenoxy) is 2. The van der Waals surface area contributed by atoms with Crippen molar-refractivity contribution in [3.63, 3.8) is 0 Å². The maximum atomic E-state index is 13.8. The molecular formula is C13H15BrFNO3. The molecule has 4 nitrogen and oxygen atoms in total. The molecule has 1 aromatic rings. The van der Waals surface area contributed by atoms with Crippen molar-refractivity contribution in [3.8, 4) is 5.75 Å². The van der Waals surface area contributed by atoms with Crippen molar-refractivity contribution in [2.45, 2.75) is 26.4 Å². The topological polar surface area (TPSA) is 38.8 Å². The first-order chi connectivity index (χ1) is 8.78. The lowest BCUT2D eigenvalue weighted by Crippen LogP contribution is -2.41. The van der Waals surface area contributed by atoms with E-state index in [0.29, 0.717) is 16.7 Å². The van der Waals surface area contributed by atoms with Crippen LogP contribution in [0, 0.1) is 5.82 Å². The van der Waals surface area contributed by atoms with Crippen molar-refractivity contribution in [1.82, 2.24) is 0 Å². The molecule has 1 aromatic carbocycles. The lowest BCUT2D eigenvalue weighted by molar-refractivity contribution is 0.0567. The summed E-state index contributed by atoms with van der Waals surface area (Å²) in [7, 11) is 0. The highest BCUT2D eigenvalue weighted by atomic mass is 79.9. The molecule has 0 unspecified atom stereocenters. The summed E-state index contributed by atoms with van der Waals surface area (Å²) in [4.78, 5) is 13.5. The number of hydrogen-bond acceptors (Lipinski definition) is 3. The smallest absolute Gasteiger partial charge is 0.415 e. The molecule has 0 bridgehead atoms. The zero-order chi connectivity index (χ0) is 14.2. The Morgan fingerprint density at radius 3 is 2.79 bits per heavy atom. The van der Waals surface area contributed by atoms with Crippen LogP contribution in [0.15, 0.2) is 16.6 Å². The van der Waals surface area contributed by atoms with Crippen LogP contribution in [-0.4, -0.2) is 24.8 Å². The van der Waals surface area contributed by atoms with Crippen LogP contribution in [0.2, 0.25) is 0 Å². The van der Waals surface area contributed by atoms with Crippen molar-refractivity contribution >= 4 is 27.7 Å². The maximum Gasteiger partial charge on any atom is 0.415 e. The monoisotopic (exact) mass is 331 g/mol. The van der Waals surface area contributed by atoms with E-state index in [1.807, 2.05) is 0 Å². The Balaban J connectivity index is 2.34. The van der Waals surface area contributed by atoms with Gasteiger partial charge in [0.15, 0.2) is 11.6 Å². The van der Waals surface area contributed by atoms with Crippen LogP contribution in [0.4, 0.5) is 14.9 Å². The molecule has 0 spiro atoms. The Morgan fingerprint density at radius 1 is 1.47 bits per heavy atom. The van der Waals surface area contributed by atoms with Crippen molar-refractivity contribution in [2.24, 2.45) is 0 Å². The Labute approximate surface area is 119 Å². The summed E-state index contributed by atoms with van der Waals surface area (Å²) in [5, 5.41) is 0. The molecule has 6 heteroatoms. The molecule has 2 rings (SSSR count). The normalized spacial score (nSPS) is 14.7. The molecule has 1 amide bonds. The molecule has 0 saturated heterocycles. The Kier molecular flexibility index (Phi) is 3.71. The number of fused-ring (bicyclic) bond motifs is 1. The van der Waals surface area contributed by atoms with Gasteiger partial charge in [0, 0.05) is 4.47 Å². The van der Waals surface area contributed by atoms with Gasteiger partial charge < -0.3 is 9.47 Å². The number of rotatable bonds is 0. The SMILES string of the molecule is CC(C)(C)OC(=O)N1CCOc2c(F)cc(Br)cc21.